The second-order valence-corrected chi connectivity index (χ2v) is 4.81. The van der Waals surface area contributed by atoms with Crippen LogP contribution in [0.1, 0.15) is 17.4 Å². The summed E-state index contributed by atoms with van der Waals surface area (Å²) in [6, 6.07) is 10.6. The second kappa shape index (κ2) is 5.48. The molecule has 0 saturated carbocycles. The van der Waals surface area contributed by atoms with Gasteiger partial charge in [0.1, 0.15) is 0 Å². The number of nitrogens with zero attached hydrogens (tertiary/aromatic N) is 1. The molecule has 0 aliphatic carbocycles. The lowest BCUT2D eigenvalue weighted by Gasteiger charge is -2.09. The maximum Gasteiger partial charge on any atom is 0.259 e. The molecule has 0 amide bonds. The van der Waals surface area contributed by atoms with Crippen LogP contribution in [0.2, 0.25) is 0 Å². The molecule has 1 aromatic heterocycles. The van der Waals surface area contributed by atoms with Gasteiger partial charge >= 0.3 is 0 Å². The molecule has 4 nitrogen and oxygen atoms in total. The van der Waals surface area contributed by atoms with Gasteiger partial charge in [-0.05, 0) is 29.8 Å². The topological polar surface area (TPSA) is 62.5 Å². The van der Waals surface area contributed by atoms with E-state index in [-0.39, 0.29) is 5.56 Å². The Labute approximate surface area is 112 Å². The van der Waals surface area contributed by atoms with E-state index in [0.29, 0.717) is 6.54 Å². The van der Waals surface area contributed by atoms with Gasteiger partial charge in [-0.15, -0.1) is 0 Å². The smallest absolute Gasteiger partial charge is 0.259 e. The first-order valence-corrected chi connectivity index (χ1v) is 6.17. The van der Waals surface area contributed by atoms with Crippen LogP contribution in [0, 0.1) is 0 Å². The second-order valence-electron chi connectivity index (χ2n) is 3.90. The SMILES string of the molecule is O=c1c(C(O)O)cccn1Cc1ccc(Br)cc1. The summed E-state index contributed by atoms with van der Waals surface area (Å²) in [7, 11) is 0. The number of aliphatic hydroxyl groups excluding tert-OH is 1. The third-order valence-electron chi connectivity index (χ3n) is 2.59. The van der Waals surface area contributed by atoms with Gasteiger partial charge in [-0.25, -0.2) is 0 Å². The molecule has 1 aromatic carbocycles. The zero-order valence-electron chi connectivity index (χ0n) is 9.45. The van der Waals surface area contributed by atoms with Crippen molar-refractivity contribution in [3.8, 4) is 0 Å². The lowest BCUT2D eigenvalue weighted by molar-refractivity contribution is -0.0438. The monoisotopic (exact) mass is 309 g/mol. The van der Waals surface area contributed by atoms with Crippen molar-refractivity contribution in [1.82, 2.24) is 4.57 Å². The first-order chi connectivity index (χ1) is 8.58. The van der Waals surface area contributed by atoms with Gasteiger partial charge in [-0.1, -0.05) is 28.1 Å². The van der Waals surface area contributed by atoms with E-state index in [4.69, 9.17) is 10.2 Å². The molecule has 0 saturated heterocycles. The lowest BCUT2D eigenvalue weighted by atomic mass is 10.2. The maximum absolute atomic E-state index is 11.9. The number of pyridine rings is 1. The highest BCUT2D eigenvalue weighted by atomic mass is 79.9. The highest BCUT2D eigenvalue weighted by Crippen LogP contribution is 2.11. The average Bonchev–Trinajstić information content (AvgIpc) is 2.34. The van der Waals surface area contributed by atoms with Crippen LogP contribution in [0.4, 0.5) is 0 Å². The van der Waals surface area contributed by atoms with Crippen LogP contribution in [0.5, 0.6) is 0 Å². The molecule has 0 aliphatic rings. The van der Waals surface area contributed by atoms with Crippen molar-refractivity contribution >= 4 is 15.9 Å². The number of aliphatic hydroxyl groups is 2. The van der Waals surface area contributed by atoms with Crippen LogP contribution >= 0.6 is 15.9 Å². The number of aromatic nitrogens is 1. The van der Waals surface area contributed by atoms with Crippen molar-refractivity contribution in [1.29, 1.82) is 0 Å². The number of hydrogen-bond donors (Lipinski definition) is 2. The van der Waals surface area contributed by atoms with E-state index in [1.807, 2.05) is 24.3 Å². The zero-order valence-corrected chi connectivity index (χ0v) is 11.0. The predicted molar refractivity (Wildman–Crippen MR) is 71.1 cm³/mol. The van der Waals surface area contributed by atoms with E-state index >= 15 is 0 Å². The molecule has 2 N–H and O–H groups in total. The van der Waals surface area contributed by atoms with Gasteiger partial charge in [0.15, 0.2) is 6.29 Å². The van der Waals surface area contributed by atoms with Crippen molar-refractivity contribution < 1.29 is 10.2 Å². The Balaban J connectivity index is 2.32. The number of halogens is 1. The quantitative estimate of drug-likeness (QED) is 0.847. The molecule has 0 spiro atoms. The minimum Gasteiger partial charge on any atom is -0.364 e. The molecular formula is C13H12BrNO3. The normalized spacial score (nSPS) is 10.9. The summed E-state index contributed by atoms with van der Waals surface area (Å²) >= 11 is 3.34. The summed E-state index contributed by atoms with van der Waals surface area (Å²) in [6.07, 6.45) is -0.120. The van der Waals surface area contributed by atoms with Gasteiger partial charge in [-0.2, -0.15) is 0 Å². The third kappa shape index (κ3) is 2.87. The minimum absolute atomic E-state index is 0.0189. The Morgan fingerprint density at radius 3 is 2.44 bits per heavy atom. The van der Waals surface area contributed by atoms with Crippen molar-refractivity contribution in [3.05, 3.63) is 68.5 Å². The lowest BCUT2D eigenvalue weighted by Crippen LogP contribution is -2.25. The zero-order chi connectivity index (χ0) is 13.1. The van der Waals surface area contributed by atoms with E-state index < -0.39 is 11.8 Å². The first-order valence-electron chi connectivity index (χ1n) is 5.38. The molecule has 0 atom stereocenters. The molecule has 0 fully saturated rings. The Kier molecular flexibility index (Phi) is 3.96. The molecule has 1 heterocycles. The molecule has 0 bridgehead atoms. The molecule has 5 heteroatoms. The Morgan fingerprint density at radius 1 is 1.17 bits per heavy atom. The van der Waals surface area contributed by atoms with Crippen molar-refractivity contribution in [2.24, 2.45) is 0 Å². The molecule has 2 aromatic rings. The van der Waals surface area contributed by atoms with Crippen molar-refractivity contribution in [3.63, 3.8) is 0 Å². The summed E-state index contributed by atoms with van der Waals surface area (Å²) in [6.45, 7) is 0.396. The van der Waals surface area contributed by atoms with E-state index in [1.165, 1.54) is 10.6 Å². The molecule has 94 valence electrons. The van der Waals surface area contributed by atoms with Crippen LogP contribution < -0.4 is 5.56 Å². The molecular weight excluding hydrogens is 298 g/mol. The fourth-order valence-electron chi connectivity index (χ4n) is 1.66. The molecule has 2 rings (SSSR count). The van der Waals surface area contributed by atoms with Crippen LogP contribution in [0.3, 0.4) is 0 Å². The van der Waals surface area contributed by atoms with Crippen LogP contribution in [0.25, 0.3) is 0 Å². The molecule has 0 radical (unpaired) electrons. The molecule has 0 unspecified atom stereocenters. The van der Waals surface area contributed by atoms with Gasteiger partial charge in [0, 0.05) is 10.7 Å². The highest BCUT2D eigenvalue weighted by Gasteiger charge is 2.09. The van der Waals surface area contributed by atoms with Gasteiger partial charge < -0.3 is 14.8 Å². The Hall–Kier alpha value is -1.43. The van der Waals surface area contributed by atoms with Gasteiger partial charge in [0.05, 0.1) is 12.1 Å². The van der Waals surface area contributed by atoms with Crippen molar-refractivity contribution in [2.45, 2.75) is 12.8 Å². The molecule has 18 heavy (non-hydrogen) atoms. The van der Waals surface area contributed by atoms with Crippen molar-refractivity contribution in [2.75, 3.05) is 0 Å². The summed E-state index contributed by atoms with van der Waals surface area (Å²) in [5.74, 6) is 0. The van der Waals surface area contributed by atoms with Crippen LogP contribution in [-0.4, -0.2) is 14.8 Å². The van der Waals surface area contributed by atoms with Gasteiger partial charge in [0.25, 0.3) is 5.56 Å². The minimum atomic E-state index is -1.74. The number of rotatable bonds is 3. The van der Waals surface area contributed by atoms with Gasteiger partial charge in [-0.3, -0.25) is 4.79 Å². The average molecular weight is 310 g/mol. The Morgan fingerprint density at radius 2 is 1.83 bits per heavy atom. The predicted octanol–water partition coefficient (Wildman–Crippen LogP) is 1.64. The number of hydrogen-bond acceptors (Lipinski definition) is 3. The first kappa shape index (κ1) is 13.0. The Bertz CT molecular complexity index is 590. The summed E-state index contributed by atoms with van der Waals surface area (Å²) in [5.41, 5.74) is 0.551. The van der Waals surface area contributed by atoms with Gasteiger partial charge in [0.2, 0.25) is 0 Å². The fraction of sp³-hybridized carbons (Fsp3) is 0.154. The number of benzene rings is 1. The summed E-state index contributed by atoms with van der Waals surface area (Å²) in [5, 5.41) is 18.1. The molecule has 0 aliphatic heterocycles. The van der Waals surface area contributed by atoms with Crippen LogP contribution in [-0.2, 0) is 6.54 Å². The standard InChI is InChI=1S/C13H12BrNO3/c14-10-5-3-9(4-6-10)8-15-7-1-2-11(12(15)16)13(17)18/h1-7,13,17-18H,8H2. The maximum atomic E-state index is 11.9. The van der Waals surface area contributed by atoms with E-state index in [2.05, 4.69) is 15.9 Å². The van der Waals surface area contributed by atoms with E-state index in [9.17, 15) is 4.79 Å². The largest absolute Gasteiger partial charge is 0.364 e. The third-order valence-corrected chi connectivity index (χ3v) is 3.12. The van der Waals surface area contributed by atoms with E-state index in [0.717, 1.165) is 10.0 Å². The summed E-state index contributed by atoms with van der Waals surface area (Å²) < 4.78 is 2.41. The fourth-order valence-corrected chi connectivity index (χ4v) is 1.93. The highest BCUT2D eigenvalue weighted by molar-refractivity contribution is 9.10. The van der Waals surface area contributed by atoms with E-state index in [1.54, 1.807) is 12.3 Å². The van der Waals surface area contributed by atoms with Crippen LogP contribution in [0.15, 0.2) is 51.9 Å². The summed E-state index contributed by atoms with van der Waals surface area (Å²) in [4.78, 5) is 11.9.